The maximum absolute atomic E-state index is 13.2. The molecule has 2 saturated heterocycles. The molecule has 9 heteroatoms. The maximum atomic E-state index is 13.2. The lowest BCUT2D eigenvalue weighted by Gasteiger charge is -2.41. The molecule has 1 aliphatic carbocycles. The Kier molecular flexibility index (Phi) is 10.1. The zero-order valence-electron chi connectivity index (χ0n) is 23.9. The second-order valence-electron chi connectivity index (χ2n) is 11.7. The minimum Gasteiger partial charge on any atom is -0.497 e. The standard InChI is InChI=1S/C29H48N4O4S/c1-22-19-27(37-4)20-23(2)29(22)38(35,36)31(3)16-13-28(34)30-25-11-17-33(18-12-25)26-9-7-24(8-10-26)21-32-14-5-6-15-32/h19-20,24-26H,5-18,21H2,1-4H3,(H,30,34). The molecule has 38 heavy (non-hydrogen) atoms. The summed E-state index contributed by atoms with van der Waals surface area (Å²) in [5.41, 5.74) is 1.29. The molecule has 1 amide bonds. The Bertz CT molecular complexity index is 1020. The first-order valence-corrected chi connectivity index (χ1v) is 16.0. The van der Waals surface area contributed by atoms with Crippen LogP contribution in [0.15, 0.2) is 17.0 Å². The molecule has 1 aromatic carbocycles. The van der Waals surface area contributed by atoms with Gasteiger partial charge in [0.05, 0.1) is 12.0 Å². The zero-order valence-corrected chi connectivity index (χ0v) is 24.7. The SMILES string of the molecule is COc1cc(C)c(S(=O)(=O)N(C)CCC(=O)NC2CCN(C3CCC(CN4CCCC4)CC3)CC2)c(C)c1. The summed E-state index contributed by atoms with van der Waals surface area (Å²) in [6, 6.07) is 4.34. The number of aryl methyl sites for hydroxylation is 2. The van der Waals surface area contributed by atoms with Crippen molar-refractivity contribution >= 4 is 15.9 Å². The van der Waals surface area contributed by atoms with E-state index in [2.05, 4.69) is 15.1 Å². The number of methoxy groups -OCH3 is 1. The Balaban J connectivity index is 1.17. The van der Waals surface area contributed by atoms with Crippen LogP contribution in [0.2, 0.25) is 0 Å². The molecule has 0 spiro atoms. The molecule has 1 saturated carbocycles. The Morgan fingerprint density at radius 3 is 2.18 bits per heavy atom. The van der Waals surface area contributed by atoms with E-state index in [1.807, 2.05) is 0 Å². The van der Waals surface area contributed by atoms with E-state index in [1.165, 1.54) is 62.5 Å². The molecule has 2 aliphatic heterocycles. The molecule has 8 nitrogen and oxygen atoms in total. The van der Waals surface area contributed by atoms with Gasteiger partial charge in [-0.05, 0) is 107 Å². The summed E-state index contributed by atoms with van der Waals surface area (Å²) in [6.45, 7) is 9.67. The largest absolute Gasteiger partial charge is 0.497 e. The van der Waals surface area contributed by atoms with Gasteiger partial charge in [0.15, 0.2) is 0 Å². The third-order valence-electron chi connectivity index (χ3n) is 8.93. The number of rotatable bonds is 10. The van der Waals surface area contributed by atoms with Crippen molar-refractivity contribution in [2.75, 3.05) is 53.4 Å². The average Bonchev–Trinajstić information content (AvgIpc) is 3.40. The molecule has 4 rings (SSSR count). The van der Waals surface area contributed by atoms with Gasteiger partial charge < -0.3 is 19.9 Å². The maximum Gasteiger partial charge on any atom is 0.243 e. The fraction of sp³-hybridized carbons (Fsp3) is 0.759. The number of hydrogen-bond acceptors (Lipinski definition) is 6. The molecule has 1 aromatic rings. The second kappa shape index (κ2) is 13.1. The molecule has 3 fully saturated rings. The molecule has 2 heterocycles. The summed E-state index contributed by atoms with van der Waals surface area (Å²) >= 11 is 0. The number of sulfonamides is 1. The summed E-state index contributed by atoms with van der Waals surface area (Å²) in [7, 11) is -0.583. The number of amides is 1. The lowest BCUT2D eigenvalue weighted by molar-refractivity contribution is -0.122. The van der Waals surface area contributed by atoms with Crippen molar-refractivity contribution in [1.29, 1.82) is 0 Å². The molecule has 1 N–H and O–H groups in total. The van der Waals surface area contributed by atoms with Crippen molar-refractivity contribution in [1.82, 2.24) is 19.4 Å². The van der Waals surface area contributed by atoms with Gasteiger partial charge >= 0.3 is 0 Å². The number of nitrogens with zero attached hydrogens (tertiary/aromatic N) is 3. The van der Waals surface area contributed by atoms with Gasteiger partial charge in [-0.2, -0.15) is 0 Å². The van der Waals surface area contributed by atoms with Gasteiger partial charge in [-0.25, -0.2) is 12.7 Å². The number of ether oxygens (including phenoxy) is 1. The fourth-order valence-corrected chi connectivity index (χ4v) is 8.28. The number of likely N-dealkylation sites (tertiary alicyclic amines) is 2. The van der Waals surface area contributed by atoms with Crippen molar-refractivity contribution < 1.29 is 17.9 Å². The van der Waals surface area contributed by atoms with E-state index in [0.29, 0.717) is 27.8 Å². The predicted molar refractivity (Wildman–Crippen MR) is 151 cm³/mol. The Labute approximate surface area is 230 Å². The van der Waals surface area contributed by atoms with Crippen molar-refractivity contribution in [3.05, 3.63) is 23.3 Å². The molecular weight excluding hydrogens is 500 g/mol. The monoisotopic (exact) mass is 548 g/mol. The lowest BCUT2D eigenvalue weighted by atomic mass is 9.84. The van der Waals surface area contributed by atoms with Crippen molar-refractivity contribution in [2.45, 2.75) is 88.6 Å². The van der Waals surface area contributed by atoms with E-state index in [4.69, 9.17) is 4.74 Å². The number of hydrogen-bond donors (Lipinski definition) is 1. The van der Waals surface area contributed by atoms with Gasteiger partial charge in [0.1, 0.15) is 5.75 Å². The van der Waals surface area contributed by atoms with E-state index < -0.39 is 10.0 Å². The molecule has 0 unspecified atom stereocenters. The first-order valence-electron chi connectivity index (χ1n) is 14.5. The van der Waals surface area contributed by atoms with Crippen molar-refractivity contribution in [2.24, 2.45) is 5.92 Å². The van der Waals surface area contributed by atoms with Crippen LogP contribution in [-0.4, -0.2) is 93.9 Å². The number of piperidine rings is 1. The molecule has 214 valence electrons. The zero-order chi connectivity index (χ0) is 27.3. The first kappa shape index (κ1) is 29.3. The van der Waals surface area contributed by atoms with E-state index in [0.717, 1.165) is 31.8 Å². The smallest absolute Gasteiger partial charge is 0.243 e. The van der Waals surface area contributed by atoms with E-state index >= 15 is 0 Å². The Morgan fingerprint density at radius 2 is 1.61 bits per heavy atom. The minimum atomic E-state index is -3.70. The van der Waals surface area contributed by atoms with Crippen LogP contribution in [0.4, 0.5) is 0 Å². The quantitative estimate of drug-likeness (QED) is 0.482. The van der Waals surface area contributed by atoms with Gasteiger partial charge in [-0.3, -0.25) is 4.79 Å². The number of carbonyl (C=O) groups excluding carboxylic acids is 1. The van der Waals surface area contributed by atoms with Gasteiger partial charge in [0, 0.05) is 51.7 Å². The summed E-state index contributed by atoms with van der Waals surface area (Å²) in [6.07, 6.45) is 10.2. The Morgan fingerprint density at radius 1 is 1.00 bits per heavy atom. The molecule has 0 atom stereocenters. The van der Waals surface area contributed by atoms with Gasteiger partial charge in [-0.15, -0.1) is 0 Å². The minimum absolute atomic E-state index is 0.0731. The summed E-state index contributed by atoms with van der Waals surface area (Å²) < 4.78 is 33.0. The van der Waals surface area contributed by atoms with Crippen LogP contribution in [0, 0.1) is 19.8 Å². The highest BCUT2D eigenvalue weighted by Crippen LogP contribution is 2.31. The summed E-state index contributed by atoms with van der Waals surface area (Å²) in [5, 5.41) is 3.17. The molecule has 0 radical (unpaired) electrons. The average molecular weight is 549 g/mol. The fourth-order valence-electron chi connectivity index (χ4n) is 6.70. The molecular formula is C29H48N4O4S. The summed E-state index contributed by atoms with van der Waals surface area (Å²) in [4.78, 5) is 18.3. The van der Waals surface area contributed by atoms with E-state index in [1.54, 1.807) is 40.1 Å². The predicted octanol–water partition coefficient (Wildman–Crippen LogP) is 3.56. The van der Waals surface area contributed by atoms with E-state index in [9.17, 15) is 13.2 Å². The van der Waals surface area contributed by atoms with Crippen LogP contribution in [-0.2, 0) is 14.8 Å². The van der Waals surface area contributed by atoms with Crippen molar-refractivity contribution in [3.8, 4) is 5.75 Å². The van der Waals surface area contributed by atoms with Gasteiger partial charge in [-0.1, -0.05) is 0 Å². The normalized spacial score (nSPS) is 24.1. The number of carbonyl (C=O) groups is 1. The van der Waals surface area contributed by atoms with Gasteiger partial charge in [0.2, 0.25) is 15.9 Å². The van der Waals surface area contributed by atoms with E-state index in [-0.39, 0.29) is 24.9 Å². The number of benzene rings is 1. The topological polar surface area (TPSA) is 82.2 Å². The second-order valence-corrected chi connectivity index (χ2v) is 13.7. The van der Waals surface area contributed by atoms with Crippen LogP contribution < -0.4 is 10.1 Å². The third kappa shape index (κ3) is 7.29. The molecule has 3 aliphatic rings. The van der Waals surface area contributed by atoms with Crippen molar-refractivity contribution in [3.63, 3.8) is 0 Å². The highest BCUT2D eigenvalue weighted by Gasteiger charge is 2.31. The first-order chi connectivity index (χ1) is 18.2. The highest BCUT2D eigenvalue weighted by atomic mass is 32.2. The van der Waals surface area contributed by atoms with Gasteiger partial charge in [0.25, 0.3) is 0 Å². The lowest BCUT2D eigenvalue weighted by Crippen LogP contribution is -2.49. The highest BCUT2D eigenvalue weighted by molar-refractivity contribution is 7.89. The van der Waals surface area contributed by atoms with Crippen LogP contribution >= 0.6 is 0 Å². The number of nitrogens with one attached hydrogen (secondary N) is 1. The third-order valence-corrected chi connectivity index (χ3v) is 11.1. The van der Waals surface area contributed by atoms with Crippen LogP contribution in [0.1, 0.15) is 68.9 Å². The van der Waals surface area contributed by atoms with Crippen LogP contribution in [0.5, 0.6) is 5.75 Å². The Hall–Kier alpha value is -1.68. The van der Waals surface area contributed by atoms with Crippen LogP contribution in [0.25, 0.3) is 0 Å². The van der Waals surface area contributed by atoms with Crippen LogP contribution in [0.3, 0.4) is 0 Å². The molecule has 0 aromatic heterocycles. The molecule has 0 bridgehead atoms. The summed E-state index contributed by atoms with van der Waals surface area (Å²) in [5.74, 6) is 1.44.